The highest BCUT2D eigenvalue weighted by molar-refractivity contribution is 5.74. The van der Waals surface area contributed by atoms with Gasteiger partial charge >= 0.3 is 0 Å². The van der Waals surface area contributed by atoms with Crippen molar-refractivity contribution >= 4 is 0 Å². The van der Waals surface area contributed by atoms with Crippen LogP contribution in [0.25, 0.3) is 33.4 Å². The normalized spacial score (nSPS) is 12.0. The minimum Gasteiger partial charge on any atom is -0.493 e. The first-order valence-electron chi connectivity index (χ1n) is 19.0. The van der Waals surface area contributed by atoms with Crippen LogP contribution in [0.3, 0.4) is 0 Å². The molecule has 0 aliphatic carbocycles. The summed E-state index contributed by atoms with van der Waals surface area (Å²) in [6.07, 6.45) is -1.88. The summed E-state index contributed by atoms with van der Waals surface area (Å²) in [7, 11) is 6.32. The Labute approximate surface area is 340 Å². The Balaban J connectivity index is 1.15. The van der Waals surface area contributed by atoms with Crippen LogP contribution in [0.15, 0.2) is 133 Å². The van der Waals surface area contributed by atoms with Crippen molar-refractivity contribution in [1.82, 2.24) is 0 Å². The van der Waals surface area contributed by atoms with Gasteiger partial charge in [-0.3, -0.25) is 0 Å². The van der Waals surface area contributed by atoms with E-state index in [1.165, 1.54) is 0 Å². The van der Waals surface area contributed by atoms with Crippen molar-refractivity contribution in [2.45, 2.75) is 25.4 Å². The molecule has 6 aromatic carbocycles. The van der Waals surface area contributed by atoms with Gasteiger partial charge in [-0.2, -0.15) is 0 Å². The van der Waals surface area contributed by atoms with Crippen molar-refractivity contribution in [2.24, 2.45) is 0 Å². The van der Waals surface area contributed by atoms with Crippen LogP contribution < -0.4 is 28.4 Å². The lowest BCUT2D eigenvalue weighted by molar-refractivity contribution is 0.0605. The Morgan fingerprint density at radius 2 is 0.759 bits per heavy atom. The first-order chi connectivity index (χ1) is 28.4. The van der Waals surface area contributed by atoms with Gasteiger partial charge in [0.15, 0.2) is 23.0 Å². The summed E-state index contributed by atoms with van der Waals surface area (Å²) in [5.41, 5.74) is 6.93. The number of methoxy groups -OCH3 is 4. The minimum atomic E-state index is -0.938. The van der Waals surface area contributed by atoms with Crippen molar-refractivity contribution in [1.29, 1.82) is 0 Å². The molecule has 2 atom stereocenters. The average Bonchev–Trinajstić information content (AvgIpc) is 3.27. The van der Waals surface area contributed by atoms with Crippen molar-refractivity contribution in [3.05, 3.63) is 145 Å². The highest BCUT2D eigenvalue weighted by atomic mass is 16.5. The Morgan fingerprint density at radius 1 is 0.397 bits per heavy atom. The summed E-state index contributed by atoms with van der Waals surface area (Å²) in [4.78, 5) is 0. The topological polar surface area (TPSA) is 114 Å². The fraction of sp³-hybridized carbons (Fsp3) is 0.250. The monoisotopic (exact) mass is 786 g/mol. The summed E-state index contributed by atoms with van der Waals surface area (Å²) in [6, 6.07) is 42.9. The molecular weight excluding hydrogens is 737 g/mol. The minimum absolute atomic E-state index is 0.0205. The smallest absolute Gasteiger partial charge is 0.166 e. The molecule has 2 N–H and O–H groups in total. The van der Waals surface area contributed by atoms with E-state index >= 15 is 0 Å². The summed E-state index contributed by atoms with van der Waals surface area (Å²) in [6.45, 7) is 0.382. The summed E-state index contributed by atoms with van der Waals surface area (Å²) >= 11 is 0. The molecule has 0 heterocycles. The van der Waals surface area contributed by atoms with E-state index in [2.05, 4.69) is 0 Å². The van der Waals surface area contributed by atoms with Gasteiger partial charge < -0.3 is 48.1 Å². The van der Waals surface area contributed by atoms with Gasteiger partial charge in [-0.25, -0.2) is 0 Å². The lowest BCUT2D eigenvalue weighted by Crippen LogP contribution is -2.25. The van der Waals surface area contributed by atoms with Gasteiger partial charge in [0.05, 0.1) is 27.4 Å². The molecule has 0 saturated heterocycles. The van der Waals surface area contributed by atoms with Gasteiger partial charge in [0.25, 0.3) is 0 Å². The summed E-state index contributed by atoms with van der Waals surface area (Å²) in [5, 5.41) is 21.9. The Hall–Kier alpha value is -6.04. The standard InChI is InChI=1S/C48H50O10/c1-51-27-37-23-35(25-45(53-3)47(37)57-31-39(49)29-55-43-21-13-11-19-41(43)33-15-7-5-8-16-33)36-24-38(28-52-2)48(46(26-36)54-4)58-32-40(50)30-56-44-22-14-12-20-42(44)34-17-9-6-10-18-34/h5-26,39-40,49-50H,27-32H2,1-4H3. The zero-order valence-corrected chi connectivity index (χ0v) is 33.3. The molecule has 58 heavy (non-hydrogen) atoms. The van der Waals surface area contributed by atoms with Crippen LogP contribution in [0.2, 0.25) is 0 Å². The summed E-state index contributed by atoms with van der Waals surface area (Å²) < 4.78 is 47.3. The van der Waals surface area contributed by atoms with Crippen molar-refractivity contribution in [3.63, 3.8) is 0 Å². The quantitative estimate of drug-likeness (QED) is 0.0735. The van der Waals surface area contributed by atoms with Gasteiger partial charge in [0, 0.05) is 36.5 Å². The molecule has 0 fully saturated rings. The number of ether oxygens (including phenoxy) is 8. The van der Waals surface area contributed by atoms with E-state index < -0.39 is 12.2 Å². The lowest BCUT2D eigenvalue weighted by Gasteiger charge is -2.21. The van der Waals surface area contributed by atoms with E-state index in [9.17, 15) is 10.2 Å². The zero-order valence-electron chi connectivity index (χ0n) is 33.3. The van der Waals surface area contributed by atoms with E-state index in [0.717, 1.165) is 33.4 Å². The molecule has 10 heteroatoms. The van der Waals surface area contributed by atoms with Crippen LogP contribution >= 0.6 is 0 Å². The highest BCUT2D eigenvalue weighted by Crippen LogP contribution is 2.42. The second-order valence-corrected chi connectivity index (χ2v) is 13.5. The third-order valence-corrected chi connectivity index (χ3v) is 9.28. The molecule has 0 spiro atoms. The van der Waals surface area contributed by atoms with Crippen LogP contribution in [0, 0.1) is 0 Å². The molecule has 0 aromatic heterocycles. The van der Waals surface area contributed by atoms with E-state index in [1.807, 2.05) is 133 Å². The van der Waals surface area contributed by atoms with E-state index in [1.54, 1.807) is 28.4 Å². The second-order valence-electron chi connectivity index (χ2n) is 13.5. The zero-order chi connectivity index (χ0) is 40.7. The lowest BCUT2D eigenvalue weighted by atomic mass is 9.99. The number of rotatable bonds is 21. The van der Waals surface area contributed by atoms with Crippen molar-refractivity contribution in [3.8, 4) is 67.9 Å². The second kappa shape index (κ2) is 20.9. The van der Waals surface area contributed by atoms with Crippen LogP contribution in [0.5, 0.6) is 34.5 Å². The maximum atomic E-state index is 10.9. The molecule has 0 radical (unpaired) electrons. The number of aliphatic hydroxyl groups excluding tert-OH is 2. The number of hydrogen-bond acceptors (Lipinski definition) is 10. The summed E-state index contributed by atoms with van der Waals surface area (Å²) in [5.74, 6) is 3.14. The highest BCUT2D eigenvalue weighted by Gasteiger charge is 2.21. The van der Waals surface area contributed by atoms with Gasteiger partial charge in [-0.1, -0.05) is 97.1 Å². The molecule has 302 valence electrons. The third-order valence-electron chi connectivity index (χ3n) is 9.28. The van der Waals surface area contributed by atoms with Crippen molar-refractivity contribution in [2.75, 3.05) is 54.9 Å². The van der Waals surface area contributed by atoms with Crippen LogP contribution in [-0.2, 0) is 22.7 Å². The number of hydrogen-bond donors (Lipinski definition) is 2. The van der Waals surface area contributed by atoms with Crippen LogP contribution in [0.4, 0.5) is 0 Å². The van der Waals surface area contributed by atoms with Crippen LogP contribution in [-0.4, -0.2) is 77.3 Å². The Kier molecular flexibility index (Phi) is 15.0. The maximum absolute atomic E-state index is 10.9. The molecule has 6 rings (SSSR count). The number of benzene rings is 6. The predicted molar refractivity (Wildman–Crippen MR) is 224 cm³/mol. The Morgan fingerprint density at radius 3 is 1.14 bits per heavy atom. The molecule has 2 unspecified atom stereocenters. The third kappa shape index (κ3) is 10.7. The first kappa shape index (κ1) is 41.6. The van der Waals surface area contributed by atoms with E-state index in [-0.39, 0.29) is 39.6 Å². The van der Waals surface area contributed by atoms with Gasteiger partial charge in [-0.05, 0) is 58.7 Å². The van der Waals surface area contributed by atoms with Gasteiger partial charge in [0.1, 0.15) is 50.1 Å². The maximum Gasteiger partial charge on any atom is 0.166 e. The molecule has 0 bridgehead atoms. The number of aliphatic hydroxyl groups is 2. The van der Waals surface area contributed by atoms with Crippen LogP contribution in [0.1, 0.15) is 11.1 Å². The first-order valence-corrected chi connectivity index (χ1v) is 19.0. The molecular formula is C48H50O10. The molecule has 0 aliphatic heterocycles. The van der Waals surface area contributed by atoms with Crippen molar-refractivity contribution < 1.29 is 48.1 Å². The largest absolute Gasteiger partial charge is 0.493 e. The number of para-hydroxylation sites is 2. The predicted octanol–water partition coefficient (Wildman–Crippen LogP) is 8.64. The van der Waals surface area contributed by atoms with Gasteiger partial charge in [-0.15, -0.1) is 0 Å². The van der Waals surface area contributed by atoms with E-state index in [0.29, 0.717) is 45.6 Å². The fourth-order valence-corrected chi connectivity index (χ4v) is 6.53. The Bertz CT molecular complexity index is 2040. The average molecular weight is 787 g/mol. The molecule has 0 saturated carbocycles. The fourth-order valence-electron chi connectivity index (χ4n) is 6.53. The molecule has 6 aromatic rings. The molecule has 0 aliphatic rings. The molecule has 0 amide bonds. The van der Waals surface area contributed by atoms with E-state index in [4.69, 9.17) is 37.9 Å². The van der Waals surface area contributed by atoms with Gasteiger partial charge in [0.2, 0.25) is 0 Å². The molecule has 10 nitrogen and oxygen atoms in total. The SMILES string of the molecule is COCc1cc(-c2cc(COC)c(OCC(O)COc3ccccc3-c3ccccc3)c(OC)c2)cc(OC)c1OCC(O)COc1ccccc1-c1ccccc1.